The number of hydrogen-bond donors (Lipinski definition) is 1. The van der Waals surface area contributed by atoms with Crippen LogP contribution in [0.25, 0.3) is 32.7 Å². The third-order valence-corrected chi connectivity index (χ3v) is 5.26. The molecule has 0 fully saturated rings. The van der Waals surface area contributed by atoms with E-state index in [1.807, 2.05) is 66.7 Å². The van der Waals surface area contributed by atoms with Crippen LogP contribution in [-0.2, 0) is 0 Å². The van der Waals surface area contributed by atoms with Crippen molar-refractivity contribution in [2.75, 3.05) is 0 Å². The Bertz CT molecular complexity index is 1390. The highest BCUT2D eigenvalue weighted by Crippen LogP contribution is 2.45. The van der Waals surface area contributed by atoms with E-state index in [0.717, 1.165) is 21.5 Å². The van der Waals surface area contributed by atoms with Gasteiger partial charge in [-0.05, 0) is 45.8 Å². The number of rotatable bonds is 3. The van der Waals surface area contributed by atoms with Crippen molar-refractivity contribution in [3.63, 3.8) is 0 Å². The molecule has 0 bridgehead atoms. The fraction of sp³-hybridized carbons (Fsp3) is 0. The Morgan fingerprint density at radius 2 is 1.17 bits per heavy atom. The molecule has 1 N–H and O–H groups in total. The first-order chi connectivity index (χ1) is 14.7. The molecule has 3 nitrogen and oxygen atoms in total. The van der Waals surface area contributed by atoms with Crippen LogP contribution in [0.2, 0.25) is 0 Å². The van der Waals surface area contributed by atoms with E-state index in [1.54, 1.807) is 36.4 Å². The van der Waals surface area contributed by atoms with E-state index in [-0.39, 0.29) is 5.75 Å². The second kappa shape index (κ2) is 7.37. The molecule has 3 heteroatoms. The van der Waals surface area contributed by atoms with E-state index in [1.165, 1.54) is 0 Å². The molecule has 0 saturated carbocycles. The van der Waals surface area contributed by atoms with E-state index in [4.69, 9.17) is 4.74 Å². The summed E-state index contributed by atoms with van der Waals surface area (Å²) in [4.78, 5) is 12.8. The summed E-state index contributed by atoms with van der Waals surface area (Å²) in [5.74, 6) is 0.114. The smallest absolute Gasteiger partial charge is 0.343 e. The van der Waals surface area contributed by atoms with Crippen LogP contribution in [0, 0.1) is 0 Å². The molecule has 5 aromatic rings. The summed E-state index contributed by atoms with van der Waals surface area (Å²) in [5.41, 5.74) is 1.83. The quantitative estimate of drug-likeness (QED) is 0.279. The minimum atomic E-state index is -0.438. The molecule has 5 aromatic carbocycles. The first-order valence-electron chi connectivity index (χ1n) is 9.72. The topological polar surface area (TPSA) is 46.5 Å². The molecule has 0 radical (unpaired) electrons. The van der Waals surface area contributed by atoms with Crippen LogP contribution in [-0.4, -0.2) is 11.1 Å². The predicted molar refractivity (Wildman–Crippen MR) is 120 cm³/mol. The maximum Gasteiger partial charge on any atom is 0.343 e. The molecule has 0 aliphatic heterocycles. The Morgan fingerprint density at radius 1 is 0.600 bits per heavy atom. The fourth-order valence-corrected chi connectivity index (χ4v) is 3.85. The van der Waals surface area contributed by atoms with Crippen LogP contribution >= 0.6 is 0 Å². The number of hydrogen-bond acceptors (Lipinski definition) is 3. The van der Waals surface area contributed by atoms with Gasteiger partial charge in [0.05, 0.1) is 5.56 Å². The van der Waals surface area contributed by atoms with Gasteiger partial charge in [0.15, 0.2) is 0 Å². The van der Waals surface area contributed by atoms with Gasteiger partial charge in [0, 0.05) is 11.1 Å². The average molecular weight is 390 g/mol. The fourth-order valence-electron chi connectivity index (χ4n) is 3.85. The van der Waals surface area contributed by atoms with Crippen molar-refractivity contribution in [2.45, 2.75) is 0 Å². The van der Waals surface area contributed by atoms with Gasteiger partial charge in [0.25, 0.3) is 0 Å². The number of fused-ring (bicyclic) bond motifs is 2. The van der Waals surface area contributed by atoms with Crippen LogP contribution < -0.4 is 4.74 Å². The summed E-state index contributed by atoms with van der Waals surface area (Å²) >= 11 is 0. The summed E-state index contributed by atoms with van der Waals surface area (Å²) in [7, 11) is 0. The zero-order valence-electron chi connectivity index (χ0n) is 16.1. The summed E-state index contributed by atoms with van der Waals surface area (Å²) in [6.07, 6.45) is 0. The minimum Gasteiger partial charge on any atom is -0.507 e. The molecule has 0 spiro atoms. The van der Waals surface area contributed by atoms with Gasteiger partial charge in [-0.2, -0.15) is 0 Å². The molecule has 0 saturated heterocycles. The first-order valence-corrected chi connectivity index (χ1v) is 9.72. The molecule has 0 heterocycles. The van der Waals surface area contributed by atoms with Gasteiger partial charge in [-0.3, -0.25) is 0 Å². The van der Waals surface area contributed by atoms with Crippen LogP contribution in [0.1, 0.15) is 10.4 Å². The first kappa shape index (κ1) is 18.0. The number of carbonyl (C=O) groups excluding carboxylic acids is 1. The van der Waals surface area contributed by atoms with Crippen molar-refractivity contribution < 1.29 is 14.6 Å². The number of phenolic OH excluding ortho intramolecular Hbond substituents is 1. The van der Waals surface area contributed by atoms with Crippen LogP contribution in [0.3, 0.4) is 0 Å². The number of benzene rings is 5. The second-order valence-electron chi connectivity index (χ2n) is 7.10. The Kier molecular flexibility index (Phi) is 4.41. The lowest BCUT2D eigenvalue weighted by molar-refractivity contribution is 0.0735. The third-order valence-electron chi connectivity index (χ3n) is 5.26. The molecule has 0 aliphatic rings. The Morgan fingerprint density at radius 3 is 1.87 bits per heavy atom. The number of esters is 1. The number of aromatic hydroxyl groups is 1. The van der Waals surface area contributed by atoms with E-state index >= 15 is 0 Å². The molecule has 0 amide bonds. The Balaban J connectivity index is 1.78. The van der Waals surface area contributed by atoms with Gasteiger partial charge in [0.2, 0.25) is 0 Å². The molecule has 5 rings (SSSR count). The van der Waals surface area contributed by atoms with Crippen LogP contribution in [0.15, 0.2) is 103 Å². The monoisotopic (exact) mass is 390 g/mol. The molecule has 0 aliphatic carbocycles. The molecule has 0 aromatic heterocycles. The minimum absolute atomic E-state index is 0.141. The largest absolute Gasteiger partial charge is 0.507 e. The van der Waals surface area contributed by atoms with Gasteiger partial charge in [0.1, 0.15) is 11.5 Å². The lowest BCUT2D eigenvalue weighted by Gasteiger charge is -2.16. The Labute approximate surface area is 173 Å². The highest BCUT2D eigenvalue weighted by molar-refractivity contribution is 6.10. The predicted octanol–water partition coefficient (Wildman–Crippen LogP) is 6.58. The lowest BCUT2D eigenvalue weighted by Crippen LogP contribution is -2.09. The van der Waals surface area contributed by atoms with Crippen molar-refractivity contribution in [1.82, 2.24) is 0 Å². The van der Waals surface area contributed by atoms with Crippen molar-refractivity contribution >= 4 is 27.5 Å². The highest BCUT2D eigenvalue weighted by Gasteiger charge is 2.20. The van der Waals surface area contributed by atoms with Crippen LogP contribution in [0.5, 0.6) is 11.5 Å². The SMILES string of the molecule is O=C(Oc1ccc2ccccc2c1-c1c(O)ccc2ccccc12)c1ccccc1. The summed E-state index contributed by atoms with van der Waals surface area (Å²) in [6.45, 7) is 0. The third kappa shape index (κ3) is 3.07. The van der Waals surface area contributed by atoms with Gasteiger partial charge in [-0.25, -0.2) is 4.79 Å². The van der Waals surface area contributed by atoms with E-state index in [2.05, 4.69) is 0 Å². The van der Waals surface area contributed by atoms with E-state index < -0.39 is 5.97 Å². The zero-order valence-corrected chi connectivity index (χ0v) is 16.1. The summed E-state index contributed by atoms with van der Waals surface area (Å²) in [5, 5.41) is 14.7. The molecule has 0 atom stereocenters. The van der Waals surface area contributed by atoms with Crippen molar-refractivity contribution in [3.05, 3.63) is 109 Å². The molecular weight excluding hydrogens is 372 g/mol. The van der Waals surface area contributed by atoms with Crippen molar-refractivity contribution in [3.8, 4) is 22.6 Å². The van der Waals surface area contributed by atoms with Gasteiger partial charge >= 0.3 is 5.97 Å². The summed E-state index contributed by atoms with van der Waals surface area (Å²) in [6, 6.07) is 31.9. The van der Waals surface area contributed by atoms with E-state index in [0.29, 0.717) is 22.4 Å². The Hall–Kier alpha value is -4.11. The van der Waals surface area contributed by atoms with Crippen molar-refractivity contribution in [2.24, 2.45) is 0 Å². The second-order valence-corrected chi connectivity index (χ2v) is 7.10. The molecule has 30 heavy (non-hydrogen) atoms. The maximum absolute atomic E-state index is 12.8. The normalized spacial score (nSPS) is 10.9. The van der Waals surface area contributed by atoms with Crippen LogP contribution in [0.4, 0.5) is 0 Å². The molecule has 0 unspecified atom stereocenters. The molecule has 144 valence electrons. The van der Waals surface area contributed by atoms with E-state index in [9.17, 15) is 9.90 Å². The highest BCUT2D eigenvalue weighted by atomic mass is 16.5. The number of phenols is 1. The maximum atomic E-state index is 12.8. The van der Waals surface area contributed by atoms with Gasteiger partial charge in [-0.15, -0.1) is 0 Å². The standard InChI is InChI=1S/C27H18O3/c28-23-16-14-18-8-4-6-12-21(18)25(23)26-22-13-7-5-9-19(22)15-17-24(26)30-27(29)20-10-2-1-3-11-20/h1-17,28H. The summed E-state index contributed by atoms with van der Waals surface area (Å²) < 4.78 is 5.85. The average Bonchev–Trinajstić information content (AvgIpc) is 2.80. The number of carbonyl (C=O) groups is 1. The van der Waals surface area contributed by atoms with Gasteiger partial charge in [-0.1, -0.05) is 78.9 Å². The van der Waals surface area contributed by atoms with Gasteiger partial charge < -0.3 is 9.84 Å². The molecular formula is C27H18O3. The lowest BCUT2D eigenvalue weighted by atomic mass is 9.92. The number of ether oxygens (including phenoxy) is 1. The van der Waals surface area contributed by atoms with Crippen molar-refractivity contribution in [1.29, 1.82) is 0 Å². The zero-order chi connectivity index (χ0) is 20.5.